The number of carbonyl (C=O) groups is 2. The van der Waals surface area contributed by atoms with E-state index in [2.05, 4.69) is 9.72 Å². The van der Waals surface area contributed by atoms with Crippen molar-refractivity contribution in [2.75, 3.05) is 39.8 Å². The van der Waals surface area contributed by atoms with Gasteiger partial charge >= 0.3 is 5.97 Å². The van der Waals surface area contributed by atoms with Gasteiger partial charge in [0.25, 0.3) is 5.91 Å². The van der Waals surface area contributed by atoms with Gasteiger partial charge in [0, 0.05) is 31.6 Å². The Kier molecular flexibility index (Phi) is 5.27. The molecular weight excluding hydrogens is 292 g/mol. The van der Waals surface area contributed by atoms with Gasteiger partial charge in [-0.25, -0.2) is 4.98 Å². The Morgan fingerprint density at radius 2 is 2.10 bits per heavy atom. The number of esters is 1. The first kappa shape index (κ1) is 15.9. The first-order valence-electron chi connectivity index (χ1n) is 6.80. The molecule has 0 spiro atoms. The number of aromatic nitrogens is 1. The highest BCUT2D eigenvalue weighted by Gasteiger charge is 2.25. The molecule has 0 saturated carbocycles. The highest BCUT2D eigenvalue weighted by atomic mass is 32.1. The summed E-state index contributed by atoms with van der Waals surface area (Å²) in [6.07, 6.45) is 0. The molecule has 0 bridgehead atoms. The van der Waals surface area contributed by atoms with Crippen molar-refractivity contribution in [3.63, 3.8) is 0 Å². The molecule has 116 valence electrons. The van der Waals surface area contributed by atoms with Gasteiger partial charge in [-0.2, -0.15) is 0 Å². The zero-order chi connectivity index (χ0) is 15.4. The lowest BCUT2D eigenvalue weighted by atomic mass is 10.3. The number of nitrogens with two attached hydrogens (primary N) is 1. The second-order valence-electron chi connectivity index (χ2n) is 5.00. The maximum atomic E-state index is 12.3. The molecule has 1 aliphatic heterocycles. The predicted octanol–water partition coefficient (Wildman–Crippen LogP) is 0.0936. The molecule has 2 N–H and O–H groups in total. The summed E-state index contributed by atoms with van der Waals surface area (Å²) in [6.45, 7) is 4.60. The monoisotopic (exact) mass is 312 g/mol. The van der Waals surface area contributed by atoms with Crippen molar-refractivity contribution in [2.24, 2.45) is 5.73 Å². The summed E-state index contributed by atoms with van der Waals surface area (Å²) < 4.78 is 4.64. The zero-order valence-corrected chi connectivity index (χ0v) is 13.1. The molecule has 2 heterocycles. The van der Waals surface area contributed by atoms with E-state index in [-0.39, 0.29) is 24.5 Å². The summed E-state index contributed by atoms with van der Waals surface area (Å²) in [5, 5.41) is 2.52. The lowest BCUT2D eigenvalue weighted by Gasteiger charge is -2.33. The Morgan fingerprint density at radius 3 is 2.62 bits per heavy atom. The van der Waals surface area contributed by atoms with E-state index in [0.29, 0.717) is 31.9 Å². The van der Waals surface area contributed by atoms with Gasteiger partial charge < -0.3 is 15.4 Å². The summed E-state index contributed by atoms with van der Waals surface area (Å²) in [6, 6.07) is -0.159. The number of rotatable bonds is 4. The Morgan fingerprint density at radius 1 is 1.43 bits per heavy atom. The summed E-state index contributed by atoms with van der Waals surface area (Å²) >= 11 is 1.41. The predicted molar refractivity (Wildman–Crippen MR) is 79.1 cm³/mol. The number of hydrogen-bond acceptors (Lipinski definition) is 7. The van der Waals surface area contributed by atoms with Gasteiger partial charge in [-0.1, -0.05) is 0 Å². The lowest BCUT2D eigenvalue weighted by molar-refractivity contribution is -0.142. The van der Waals surface area contributed by atoms with Crippen LogP contribution in [-0.2, 0) is 9.53 Å². The fourth-order valence-corrected chi connectivity index (χ4v) is 2.86. The molecule has 7 nitrogen and oxygen atoms in total. The third-order valence-electron chi connectivity index (χ3n) is 3.37. The van der Waals surface area contributed by atoms with Crippen LogP contribution in [0.2, 0.25) is 0 Å². The largest absolute Gasteiger partial charge is 0.468 e. The quantitative estimate of drug-likeness (QED) is 0.793. The van der Waals surface area contributed by atoms with Crippen LogP contribution in [0, 0.1) is 0 Å². The summed E-state index contributed by atoms with van der Waals surface area (Å²) in [5.41, 5.74) is 6.21. The maximum Gasteiger partial charge on any atom is 0.319 e. The van der Waals surface area contributed by atoms with Crippen molar-refractivity contribution in [3.05, 3.63) is 16.1 Å². The fraction of sp³-hybridized carbons (Fsp3) is 0.615. The lowest BCUT2D eigenvalue weighted by Crippen LogP contribution is -2.50. The summed E-state index contributed by atoms with van der Waals surface area (Å²) in [5.74, 6) is -0.327. The molecule has 21 heavy (non-hydrogen) atoms. The van der Waals surface area contributed by atoms with Crippen LogP contribution in [0.25, 0.3) is 0 Å². The minimum Gasteiger partial charge on any atom is -0.468 e. The van der Waals surface area contributed by atoms with Gasteiger partial charge in [-0.3, -0.25) is 14.5 Å². The molecular formula is C13H20N4O3S. The molecule has 1 unspecified atom stereocenters. The molecule has 0 radical (unpaired) electrons. The third kappa shape index (κ3) is 3.99. The first-order chi connectivity index (χ1) is 10.0. The number of methoxy groups -OCH3 is 1. The average Bonchev–Trinajstić information content (AvgIpc) is 2.97. The van der Waals surface area contributed by atoms with Gasteiger partial charge in [-0.15, -0.1) is 11.3 Å². The van der Waals surface area contributed by atoms with Crippen LogP contribution in [0.4, 0.5) is 0 Å². The minimum absolute atomic E-state index is 0.0733. The molecule has 1 atom stereocenters. The second kappa shape index (κ2) is 6.97. The molecule has 8 heteroatoms. The normalized spacial score (nSPS) is 17.6. The Balaban J connectivity index is 1.89. The number of nitrogens with zero attached hydrogens (tertiary/aromatic N) is 3. The van der Waals surface area contributed by atoms with E-state index in [1.807, 2.05) is 11.8 Å². The number of amides is 1. The van der Waals surface area contributed by atoms with Crippen LogP contribution in [0.5, 0.6) is 0 Å². The molecule has 0 aromatic carbocycles. The summed E-state index contributed by atoms with van der Waals surface area (Å²) in [7, 11) is 1.38. The van der Waals surface area contributed by atoms with E-state index < -0.39 is 0 Å². The van der Waals surface area contributed by atoms with Crippen molar-refractivity contribution in [1.82, 2.24) is 14.8 Å². The van der Waals surface area contributed by atoms with E-state index >= 15 is 0 Å². The summed E-state index contributed by atoms with van der Waals surface area (Å²) in [4.78, 5) is 31.6. The van der Waals surface area contributed by atoms with E-state index in [9.17, 15) is 9.59 Å². The van der Waals surface area contributed by atoms with Crippen molar-refractivity contribution in [1.29, 1.82) is 0 Å². The zero-order valence-electron chi connectivity index (χ0n) is 12.2. The van der Waals surface area contributed by atoms with Gasteiger partial charge in [0.15, 0.2) is 0 Å². The van der Waals surface area contributed by atoms with Crippen molar-refractivity contribution in [2.45, 2.75) is 13.0 Å². The highest BCUT2D eigenvalue weighted by molar-refractivity contribution is 7.09. The molecule has 2 rings (SSSR count). The van der Waals surface area contributed by atoms with Crippen LogP contribution >= 0.6 is 11.3 Å². The van der Waals surface area contributed by atoms with E-state index in [1.54, 1.807) is 10.3 Å². The van der Waals surface area contributed by atoms with Crippen molar-refractivity contribution >= 4 is 23.2 Å². The number of thiazole rings is 1. The van der Waals surface area contributed by atoms with Crippen molar-refractivity contribution in [3.8, 4) is 0 Å². The van der Waals surface area contributed by atoms with Gasteiger partial charge in [0.05, 0.1) is 19.7 Å². The van der Waals surface area contributed by atoms with Crippen LogP contribution in [-0.4, -0.2) is 66.5 Å². The molecule has 0 aliphatic carbocycles. The van der Waals surface area contributed by atoms with E-state index in [0.717, 1.165) is 5.01 Å². The van der Waals surface area contributed by atoms with Crippen molar-refractivity contribution < 1.29 is 14.3 Å². The standard InChI is InChI=1S/C13H20N4O3S/c1-9(14)12-15-10(8-21-12)13(19)17-5-3-16(4-6-17)7-11(18)20-2/h8-9H,3-7,14H2,1-2H3. The van der Waals surface area contributed by atoms with E-state index in [4.69, 9.17) is 5.73 Å². The Hall–Kier alpha value is -1.51. The molecule has 1 amide bonds. The molecule has 1 aromatic rings. The van der Waals surface area contributed by atoms with Crippen LogP contribution in [0.15, 0.2) is 5.38 Å². The first-order valence-corrected chi connectivity index (χ1v) is 7.68. The highest BCUT2D eigenvalue weighted by Crippen LogP contribution is 2.17. The fourth-order valence-electron chi connectivity index (χ4n) is 2.11. The van der Waals surface area contributed by atoms with Gasteiger partial charge in [-0.05, 0) is 6.92 Å². The topological polar surface area (TPSA) is 88.8 Å². The molecule has 1 aliphatic rings. The Bertz CT molecular complexity index is 509. The smallest absolute Gasteiger partial charge is 0.319 e. The minimum atomic E-state index is -0.254. The number of hydrogen-bond donors (Lipinski definition) is 1. The average molecular weight is 312 g/mol. The molecule has 1 fully saturated rings. The van der Waals surface area contributed by atoms with Gasteiger partial charge in [0.2, 0.25) is 0 Å². The second-order valence-corrected chi connectivity index (χ2v) is 5.89. The SMILES string of the molecule is COC(=O)CN1CCN(C(=O)c2csc(C(C)N)n2)CC1. The molecule has 1 saturated heterocycles. The van der Waals surface area contributed by atoms with Crippen LogP contribution in [0.1, 0.15) is 28.5 Å². The van der Waals surface area contributed by atoms with Gasteiger partial charge in [0.1, 0.15) is 10.7 Å². The number of carbonyl (C=O) groups excluding carboxylic acids is 2. The Labute approximate surface area is 127 Å². The van der Waals surface area contributed by atoms with Crippen LogP contribution in [0.3, 0.4) is 0 Å². The van der Waals surface area contributed by atoms with E-state index in [1.165, 1.54) is 18.4 Å². The van der Waals surface area contributed by atoms with Crippen LogP contribution < -0.4 is 5.73 Å². The maximum absolute atomic E-state index is 12.3. The number of piperazine rings is 1. The third-order valence-corrected chi connectivity index (χ3v) is 4.42. The molecule has 1 aromatic heterocycles. The number of ether oxygens (including phenoxy) is 1.